The van der Waals surface area contributed by atoms with Crippen LogP contribution in [0.5, 0.6) is 0 Å². The van der Waals surface area contributed by atoms with Gasteiger partial charge >= 0.3 is 0 Å². The van der Waals surface area contributed by atoms with Crippen molar-refractivity contribution in [1.29, 1.82) is 0 Å². The molecule has 0 atom stereocenters. The zero-order valence-electron chi connectivity index (χ0n) is 14.6. The second-order valence-electron chi connectivity index (χ2n) is 6.24. The van der Waals surface area contributed by atoms with Crippen molar-refractivity contribution in [3.05, 3.63) is 53.7 Å². The fourth-order valence-electron chi connectivity index (χ4n) is 3.06. The molecule has 3 aromatic rings. The van der Waals surface area contributed by atoms with Gasteiger partial charge in [-0.1, -0.05) is 29.8 Å². The van der Waals surface area contributed by atoms with Gasteiger partial charge in [0.05, 0.1) is 24.3 Å². The quantitative estimate of drug-likeness (QED) is 0.674. The van der Waals surface area contributed by atoms with Gasteiger partial charge in [0.1, 0.15) is 19.6 Å². The number of aromatic amines is 1. The standard InChI is InChI=1S/C18H18ClN7O/c19-15-6-2-1-5-14(15)18-21-23-26(22-18)13-17(27)25-11-9-24(10-12-25)16-7-3-4-8-20-16/h1-8H,9-13H2/p+1. The summed E-state index contributed by atoms with van der Waals surface area (Å²) in [4.78, 5) is 21.2. The summed E-state index contributed by atoms with van der Waals surface area (Å²) in [5.74, 6) is 1.46. The van der Waals surface area contributed by atoms with Gasteiger partial charge in [0.15, 0.2) is 0 Å². The van der Waals surface area contributed by atoms with Crippen LogP contribution < -0.4 is 9.88 Å². The minimum absolute atomic E-state index is 0.0187. The molecule has 4 rings (SSSR count). The van der Waals surface area contributed by atoms with Crippen LogP contribution in [0.15, 0.2) is 48.7 Å². The number of carbonyl (C=O) groups excluding carboxylic acids is 1. The Kier molecular flexibility index (Phi) is 4.97. The lowest BCUT2D eigenvalue weighted by atomic mass is 10.2. The van der Waals surface area contributed by atoms with Gasteiger partial charge in [-0.05, 0) is 23.4 Å². The minimum atomic E-state index is -0.0187. The zero-order valence-corrected chi connectivity index (χ0v) is 15.4. The van der Waals surface area contributed by atoms with Crippen LogP contribution in [0.3, 0.4) is 0 Å². The molecular formula is C18H19ClN7O+. The Labute approximate surface area is 161 Å². The van der Waals surface area contributed by atoms with Gasteiger partial charge < -0.3 is 4.90 Å². The first-order chi connectivity index (χ1) is 13.2. The van der Waals surface area contributed by atoms with Crippen molar-refractivity contribution in [3.8, 4) is 11.4 Å². The number of aromatic nitrogens is 5. The molecule has 3 heterocycles. The number of amides is 1. The molecule has 0 bridgehead atoms. The van der Waals surface area contributed by atoms with Crippen molar-refractivity contribution in [1.82, 2.24) is 25.1 Å². The van der Waals surface area contributed by atoms with Gasteiger partial charge in [0.2, 0.25) is 11.7 Å². The molecule has 8 nitrogen and oxygen atoms in total. The van der Waals surface area contributed by atoms with E-state index in [-0.39, 0.29) is 12.5 Å². The largest absolute Gasteiger partial charge is 0.333 e. The molecule has 1 aliphatic rings. The van der Waals surface area contributed by atoms with E-state index in [2.05, 4.69) is 25.3 Å². The predicted octanol–water partition coefficient (Wildman–Crippen LogP) is 1.16. The lowest BCUT2D eigenvalue weighted by molar-refractivity contribution is -0.364. The maximum Gasteiger partial charge on any atom is 0.274 e. The summed E-state index contributed by atoms with van der Waals surface area (Å²) in [5, 5.41) is 12.8. The molecule has 1 amide bonds. The average molecular weight is 385 g/mol. The second-order valence-corrected chi connectivity index (χ2v) is 6.65. The number of halogens is 1. The smallest absolute Gasteiger partial charge is 0.274 e. The highest BCUT2D eigenvalue weighted by Gasteiger charge is 2.26. The summed E-state index contributed by atoms with van der Waals surface area (Å²) in [7, 11) is 0. The third-order valence-electron chi connectivity index (χ3n) is 4.51. The molecule has 0 saturated carbocycles. The van der Waals surface area contributed by atoms with Crippen LogP contribution in [0.2, 0.25) is 5.02 Å². The third kappa shape index (κ3) is 3.90. The highest BCUT2D eigenvalue weighted by molar-refractivity contribution is 6.33. The zero-order chi connectivity index (χ0) is 18.6. The molecule has 0 unspecified atom stereocenters. The SMILES string of the molecule is O=C(Cn1nnc(-c2ccccc2Cl)n1)N1CCN(c2cccc[nH+]2)CC1. The second kappa shape index (κ2) is 7.71. The van der Waals surface area contributed by atoms with Crippen LogP contribution in [0.25, 0.3) is 11.4 Å². The number of nitrogens with zero attached hydrogens (tertiary/aromatic N) is 6. The first-order valence-electron chi connectivity index (χ1n) is 8.73. The van der Waals surface area contributed by atoms with Gasteiger partial charge in [-0.2, -0.15) is 4.80 Å². The fourth-order valence-corrected chi connectivity index (χ4v) is 3.28. The number of tetrazole rings is 1. The lowest BCUT2D eigenvalue weighted by Gasteiger charge is -2.30. The number of anilines is 1. The highest BCUT2D eigenvalue weighted by atomic mass is 35.5. The lowest BCUT2D eigenvalue weighted by Crippen LogP contribution is -2.50. The first kappa shape index (κ1) is 17.4. The van der Waals surface area contributed by atoms with E-state index in [1.165, 1.54) is 4.80 Å². The van der Waals surface area contributed by atoms with Crippen LogP contribution in [0.4, 0.5) is 5.82 Å². The number of H-pyrrole nitrogens is 1. The van der Waals surface area contributed by atoms with E-state index in [4.69, 9.17) is 11.6 Å². The van der Waals surface area contributed by atoms with Crippen LogP contribution >= 0.6 is 11.6 Å². The van der Waals surface area contributed by atoms with Crippen molar-refractivity contribution < 1.29 is 9.78 Å². The molecule has 1 aliphatic heterocycles. The van der Waals surface area contributed by atoms with Crippen molar-refractivity contribution in [2.45, 2.75) is 6.54 Å². The van der Waals surface area contributed by atoms with Gasteiger partial charge in [-0.25, -0.2) is 4.98 Å². The van der Waals surface area contributed by atoms with E-state index >= 15 is 0 Å². The molecule has 1 N–H and O–H groups in total. The summed E-state index contributed by atoms with van der Waals surface area (Å²) in [6.07, 6.45) is 1.90. The minimum Gasteiger partial charge on any atom is -0.333 e. The highest BCUT2D eigenvalue weighted by Crippen LogP contribution is 2.23. The Morgan fingerprint density at radius 2 is 1.85 bits per heavy atom. The van der Waals surface area contributed by atoms with Crippen molar-refractivity contribution in [2.75, 3.05) is 31.1 Å². The Morgan fingerprint density at radius 1 is 1.07 bits per heavy atom. The first-order valence-corrected chi connectivity index (χ1v) is 9.10. The molecule has 1 saturated heterocycles. The summed E-state index contributed by atoms with van der Waals surface area (Å²) >= 11 is 6.16. The van der Waals surface area contributed by atoms with Crippen molar-refractivity contribution in [3.63, 3.8) is 0 Å². The normalized spacial score (nSPS) is 14.4. The average Bonchev–Trinajstić information content (AvgIpc) is 3.17. The monoisotopic (exact) mass is 384 g/mol. The fraction of sp³-hybridized carbons (Fsp3) is 0.278. The van der Waals surface area contributed by atoms with E-state index in [9.17, 15) is 4.79 Å². The number of piperazine rings is 1. The Morgan fingerprint density at radius 3 is 2.59 bits per heavy atom. The van der Waals surface area contributed by atoms with Crippen LogP contribution in [-0.2, 0) is 11.3 Å². The van der Waals surface area contributed by atoms with Crippen LogP contribution in [0, 0.1) is 0 Å². The molecule has 2 aromatic heterocycles. The molecule has 27 heavy (non-hydrogen) atoms. The summed E-state index contributed by atoms with van der Waals surface area (Å²) in [6, 6.07) is 13.3. The Bertz CT molecular complexity index is 922. The maximum atomic E-state index is 12.6. The molecule has 0 aliphatic carbocycles. The van der Waals surface area contributed by atoms with E-state index in [1.54, 1.807) is 6.07 Å². The van der Waals surface area contributed by atoms with E-state index < -0.39 is 0 Å². The van der Waals surface area contributed by atoms with E-state index in [0.717, 1.165) is 18.9 Å². The third-order valence-corrected chi connectivity index (χ3v) is 4.84. The van der Waals surface area contributed by atoms with Gasteiger partial charge in [0, 0.05) is 11.6 Å². The number of carbonyl (C=O) groups is 1. The molecule has 9 heteroatoms. The van der Waals surface area contributed by atoms with Crippen LogP contribution in [0.1, 0.15) is 0 Å². The number of pyridine rings is 1. The number of rotatable bonds is 4. The Hall–Kier alpha value is -3.00. The van der Waals surface area contributed by atoms with Gasteiger partial charge in [0.25, 0.3) is 5.82 Å². The molecule has 138 valence electrons. The number of hydrogen-bond acceptors (Lipinski definition) is 5. The molecule has 1 aromatic carbocycles. The molecular weight excluding hydrogens is 366 g/mol. The summed E-state index contributed by atoms with van der Waals surface area (Å²) in [6.45, 7) is 2.94. The van der Waals surface area contributed by atoms with Gasteiger partial charge in [-0.15, -0.1) is 10.2 Å². The molecule has 0 spiro atoms. The number of hydrogen-bond donors (Lipinski definition) is 0. The van der Waals surface area contributed by atoms with E-state index in [0.29, 0.717) is 29.5 Å². The molecule has 1 fully saturated rings. The molecule has 0 radical (unpaired) electrons. The van der Waals surface area contributed by atoms with Crippen molar-refractivity contribution in [2.24, 2.45) is 0 Å². The number of nitrogens with one attached hydrogen (secondary N) is 1. The van der Waals surface area contributed by atoms with Gasteiger partial charge in [-0.3, -0.25) is 9.69 Å². The summed E-state index contributed by atoms with van der Waals surface area (Å²) in [5.41, 5.74) is 0.700. The Balaban J connectivity index is 1.36. The number of benzene rings is 1. The van der Waals surface area contributed by atoms with E-state index in [1.807, 2.05) is 47.5 Å². The summed E-state index contributed by atoms with van der Waals surface area (Å²) < 4.78 is 0. The predicted molar refractivity (Wildman–Crippen MR) is 100 cm³/mol. The maximum absolute atomic E-state index is 12.6. The van der Waals surface area contributed by atoms with Crippen molar-refractivity contribution >= 4 is 23.3 Å². The topological polar surface area (TPSA) is 81.3 Å². The van der Waals surface area contributed by atoms with Crippen LogP contribution in [-0.4, -0.2) is 57.2 Å².